The molecule has 0 fully saturated rings. The summed E-state index contributed by atoms with van der Waals surface area (Å²) >= 11 is 5.04. The van der Waals surface area contributed by atoms with E-state index >= 15 is 0 Å². The lowest BCUT2D eigenvalue weighted by Gasteiger charge is -2.14. The third kappa shape index (κ3) is 3.75. The number of benzene rings is 1. The third-order valence-electron chi connectivity index (χ3n) is 2.81. The number of amides is 1. The van der Waals surface area contributed by atoms with Crippen LogP contribution in [0.2, 0.25) is 0 Å². The Bertz CT molecular complexity index is 585. The zero-order valence-corrected chi connectivity index (χ0v) is 13.0. The molecule has 0 unspecified atom stereocenters. The van der Waals surface area contributed by atoms with Crippen molar-refractivity contribution in [3.8, 4) is 0 Å². The van der Waals surface area contributed by atoms with Gasteiger partial charge in [0.05, 0.1) is 21.8 Å². The number of rotatable bonds is 5. The number of hydrogen-bond donors (Lipinski definition) is 1. The maximum atomic E-state index is 11.8. The fourth-order valence-corrected chi connectivity index (χ4v) is 3.03. The molecule has 0 saturated carbocycles. The smallest absolute Gasteiger partial charge is 0.222 e. The summed E-state index contributed by atoms with van der Waals surface area (Å²) < 4.78 is 2.14. The van der Waals surface area contributed by atoms with Crippen LogP contribution in [-0.4, -0.2) is 41.1 Å². The first-order valence-corrected chi connectivity index (χ1v) is 7.61. The van der Waals surface area contributed by atoms with Gasteiger partial charge in [0.2, 0.25) is 5.91 Å². The second kappa shape index (κ2) is 6.45. The minimum atomic E-state index is -0.00257. The first-order chi connectivity index (χ1) is 9.10. The number of likely N-dealkylation sites (N-methyl/N-ethyl adjacent to an activating group) is 1. The molecule has 1 N–H and O–H groups in total. The molecule has 2 rings (SSSR count). The Hall–Kier alpha value is -0.980. The average molecular weight is 343 g/mol. The van der Waals surface area contributed by atoms with Gasteiger partial charge in [-0.15, -0.1) is 11.3 Å². The number of halogens is 1. The fraction of sp³-hybridized carbons (Fsp3) is 0.385. The lowest BCUT2D eigenvalue weighted by molar-refractivity contribution is -0.130. The highest BCUT2D eigenvalue weighted by Gasteiger charge is 2.10. The van der Waals surface area contributed by atoms with Gasteiger partial charge in [-0.25, -0.2) is 4.98 Å². The van der Waals surface area contributed by atoms with Crippen LogP contribution in [0.15, 0.2) is 22.7 Å². The first kappa shape index (κ1) is 14.4. The van der Waals surface area contributed by atoms with Crippen molar-refractivity contribution in [3.05, 3.63) is 27.7 Å². The summed E-state index contributed by atoms with van der Waals surface area (Å²) in [6, 6.07) is 6.00. The largest absolute Gasteiger partial charge is 0.395 e. The van der Waals surface area contributed by atoms with Crippen LogP contribution >= 0.6 is 27.3 Å². The van der Waals surface area contributed by atoms with Gasteiger partial charge in [-0.3, -0.25) is 4.79 Å². The Morgan fingerprint density at radius 1 is 1.53 bits per heavy atom. The Kier molecular flexibility index (Phi) is 4.90. The van der Waals surface area contributed by atoms with Crippen molar-refractivity contribution in [2.45, 2.75) is 12.8 Å². The van der Waals surface area contributed by atoms with Gasteiger partial charge in [0, 0.05) is 30.9 Å². The lowest BCUT2D eigenvalue weighted by Crippen LogP contribution is -2.29. The Balaban J connectivity index is 2.00. The number of aliphatic hydroxyl groups excluding tert-OH is 1. The number of carbonyl (C=O) groups excluding carboxylic acids is 1. The van der Waals surface area contributed by atoms with Crippen molar-refractivity contribution in [1.82, 2.24) is 9.88 Å². The van der Waals surface area contributed by atoms with Crippen LogP contribution in [0, 0.1) is 0 Å². The van der Waals surface area contributed by atoms with E-state index < -0.39 is 0 Å². The van der Waals surface area contributed by atoms with Crippen LogP contribution in [0.3, 0.4) is 0 Å². The number of nitrogens with zero attached hydrogens (tertiary/aromatic N) is 2. The highest BCUT2D eigenvalue weighted by atomic mass is 79.9. The van der Waals surface area contributed by atoms with Crippen molar-refractivity contribution >= 4 is 43.4 Å². The van der Waals surface area contributed by atoms with E-state index in [-0.39, 0.29) is 12.5 Å². The molecule has 0 radical (unpaired) electrons. The minimum Gasteiger partial charge on any atom is -0.395 e. The predicted octanol–water partition coefficient (Wildman–Crippen LogP) is 2.44. The van der Waals surface area contributed by atoms with E-state index in [1.54, 1.807) is 23.3 Å². The second-order valence-electron chi connectivity index (χ2n) is 4.26. The van der Waals surface area contributed by atoms with Gasteiger partial charge >= 0.3 is 0 Å². The van der Waals surface area contributed by atoms with Gasteiger partial charge in [0.15, 0.2) is 0 Å². The summed E-state index contributed by atoms with van der Waals surface area (Å²) in [5, 5.41) is 9.75. The first-order valence-electron chi connectivity index (χ1n) is 6.00. The fourth-order valence-electron chi connectivity index (χ4n) is 1.73. The van der Waals surface area contributed by atoms with E-state index in [4.69, 9.17) is 5.11 Å². The molecule has 2 aromatic rings. The van der Waals surface area contributed by atoms with E-state index in [0.717, 1.165) is 19.7 Å². The molecule has 19 heavy (non-hydrogen) atoms. The van der Waals surface area contributed by atoms with Crippen molar-refractivity contribution < 1.29 is 9.90 Å². The summed E-state index contributed by atoms with van der Waals surface area (Å²) in [7, 11) is 1.70. The van der Waals surface area contributed by atoms with E-state index in [0.29, 0.717) is 19.4 Å². The van der Waals surface area contributed by atoms with Crippen molar-refractivity contribution in [3.63, 3.8) is 0 Å². The highest BCUT2D eigenvalue weighted by molar-refractivity contribution is 9.10. The molecular formula is C13H15BrN2O2S. The molecule has 102 valence electrons. The number of carbonyl (C=O) groups is 1. The molecule has 6 heteroatoms. The van der Waals surface area contributed by atoms with Gasteiger partial charge in [-0.05, 0) is 18.2 Å². The molecular weight excluding hydrogens is 328 g/mol. The second-order valence-corrected chi connectivity index (χ2v) is 6.29. The summed E-state index contributed by atoms with van der Waals surface area (Å²) in [6.45, 7) is 0.378. The molecule has 0 atom stereocenters. The Morgan fingerprint density at radius 2 is 2.32 bits per heavy atom. The quantitative estimate of drug-likeness (QED) is 0.907. The van der Waals surface area contributed by atoms with Gasteiger partial charge < -0.3 is 10.0 Å². The Morgan fingerprint density at radius 3 is 3.05 bits per heavy atom. The molecule has 0 bridgehead atoms. The molecule has 1 aromatic heterocycles. The van der Waals surface area contributed by atoms with Gasteiger partial charge in [-0.1, -0.05) is 15.9 Å². The van der Waals surface area contributed by atoms with Crippen molar-refractivity contribution in [2.75, 3.05) is 20.2 Å². The predicted molar refractivity (Wildman–Crippen MR) is 80.4 cm³/mol. The standard InChI is InChI=1S/C13H15BrN2O2S/c1-16(6-7-17)13(18)5-4-12-15-10-8-9(14)2-3-11(10)19-12/h2-3,8,17H,4-7H2,1H3. The highest BCUT2D eigenvalue weighted by Crippen LogP contribution is 2.25. The topological polar surface area (TPSA) is 53.4 Å². The number of thiazole rings is 1. The number of aliphatic hydroxyl groups is 1. The van der Waals surface area contributed by atoms with Gasteiger partial charge in [-0.2, -0.15) is 0 Å². The summed E-state index contributed by atoms with van der Waals surface area (Å²) in [4.78, 5) is 17.8. The summed E-state index contributed by atoms with van der Waals surface area (Å²) in [5.74, 6) is 0.0366. The van der Waals surface area contributed by atoms with Crippen LogP contribution in [0.5, 0.6) is 0 Å². The monoisotopic (exact) mass is 342 g/mol. The van der Waals surface area contributed by atoms with E-state index in [1.165, 1.54) is 0 Å². The molecule has 1 aromatic carbocycles. The van der Waals surface area contributed by atoms with Crippen LogP contribution in [-0.2, 0) is 11.2 Å². The summed E-state index contributed by atoms with van der Waals surface area (Å²) in [5.41, 5.74) is 0.963. The van der Waals surface area contributed by atoms with Crippen molar-refractivity contribution in [1.29, 1.82) is 0 Å². The molecule has 0 aliphatic rings. The molecule has 0 saturated heterocycles. The van der Waals surface area contributed by atoms with Gasteiger partial charge in [0.25, 0.3) is 0 Å². The molecule has 0 aliphatic heterocycles. The zero-order chi connectivity index (χ0) is 13.8. The molecule has 0 aliphatic carbocycles. The maximum absolute atomic E-state index is 11.8. The van der Waals surface area contributed by atoms with Crippen LogP contribution in [0.4, 0.5) is 0 Å². The number of aromatic nitrogens is 1. The third-order valence-corrected chi connectivity index (χ3v) is 4.40. The Labute approximate surface area is 124 Å². The molecule has 1 amide bonds. The number of aryl methyl sites for hydroxylation is 1. The molecule has 4 nitrogen and oxygen atoms in total. The molecule has 0 spiro atoms. The van der Waals surface area contributed by atoms with Crippen LogP contribution in [0.1, 0.15) is 11.4 Å². The SMILES string of the molecule is CN(CCO)C(=O)CCc1nc2cc(Br)ccc2s1. The number of fused-ring (bicyclic) bond motifs is 1. The van der Waals surface area contributed by atoms with Crippen molar-refractivity contribution in [2.24, 2.45) is 0 Å². The van der Waals surface area contributed by atoms with E-state index in [1.807, 2.05) is 18.2 Å². The van der Waals surface area contributed by atoms with Crippen LogP contribution < -0.4 is 0 Å². The minimum absolute atomic E-state index is 0.00257. The average Bonchev–Trinajstić information content (AvgIpc) is 2.78. The number of hydrogen-bond acceptors (Lipinski definition) is 4. The normalized spacial score (nSPS) is 10.9. The van der Waals surface area contributed by atoms with Gasteiger partial charge in [0.1, 0.15) is 0 Å². The van der Waals surface area contributed by atoms with E-state index in [2.05, 4.69) is 20.9 Å². The van der Waals surface area contributed by atoms with E-state index in [9.17, 15) is 4.79 Å². The molecule has 1 heterocycles. The zero-order valence-electron chi connectivity index (χ0n) is 10.6. The lowest BCUT2D eigenvalue weighted by atomic mass is 10.3. The van der Waals surface area contributed by atoms with Crippen LogP contribution in [0.25, 0.3) is 10.2 Å². The maximum Gasteiger partial charge on any atom is 0.222 e. The summed E-state index contributed by atoms with van der Waals surface area (Å²) in [6.07, 6.45) is 1.07.